The molecule has 0 radical (unpaired) electrons. The third kappa shape index (κ3) is 4.29. The first-order valence-electron chi connectivity index (χ1n) is 6.46. The van der Waals surface area contributed by atoms with Crippen molar-refractivity contribution < 1.29 is 4.79 Å². The summed E-state index contributed by atoms with van der Waals surface area (Å²) in [5.74, 6) is 0.0209. The van der Waals surface area contributed by atoms with Crippen LogP contribution in [0.1, 0.15) is 24.8 Å². The topological polar surface area (TPSA) is 58.4 Å². The fraction of sp³-hybridized carbons (Fsp3) is 0.429. The molecule has 1 saturated carbocycles. The van der Waals surface area contributed by atoms with Gasteiger partial charge >= 0.3 is 0 Å². The van der Waals surface area contributed by atoms with Crippen LogP contribution in [0.15, 0.2) is 24.3 Å². The van der Waals surface area contributed by atoms with E-state index in [0.717, 1.165) is 17.8 Å². The van der Waals surface area contributed by atoms with Crippen LogP contribution in [0.25, 0.3) is 0 Å². The molecular weight excluding hydrogens is 258 g/mol. The lowest BCUT2D eigenvalue weighted by Crippen LogP contribution is -2.26. The van der Waals surface area contributed by atoms with E-state index in [1.165, 1.54) is 12.8 Å². The molecule has 0 spiro atoms. The normalized spacial score (nSPS) is 14.4. The van der Waals surface area contributed by atoms with Crippen molar-refractivity contribution >= 4 is 28.8 Å². The van der Waals surface area contributed by atoms with Gasteiger partial charge in [0.25, 0.3) is 0 Å². The van der Waals surface area contributed by atoms with Crippen molar-refractivity contribution in [2.45, 2.75) is 25.3 Å². The van der Waals surface area contributed by atoms with Gasteiger partial charge in [-0.05, 0) is 32.0 Å². The molecule has 1 fully saturated rings. The summed E-state index contributed by atoms with van der Waals surface area (Å²) >= 11 is 4.91. The Labute approximate surface area is 119 Å². The lowest BCUT2D eigenvalue weighted by atomic mass is 10.2. The zero-order valence-electron chi connectivity index (χ0n) is 11.1. The number of nitrogens with two attached hydrogens (primary N) is 1. The standard InChI is InChI=1S/C14H19N3OS/c1-17(12-5-6-12)8-7-13(18)16-11-4-2-3-10(9-11)14(15)19/h2-4,9,12H,5-8H2,1H3,(H2,15,19)(H,16,18). The number of nitrogens with zero attached hydrogens (tertiary/aromatic N) is 1. The second kappa shape index (κ2) is 6.12. The molecule has 19 heavy (non-hydrogen) atoms. The quantitative estimate of drug-likeness (QED) is 0.778. The second-order valence-corrected chi connectivity index (χ2v) is 5.39. The molecule has 102 valence electrons. The average molecular weight is 277 g/mol. The Bertz CT molecular complexity index is 485. The van der Waals surface area contributed by atoms with Gasteiger partial charge in [0.05, 0.1) is 0 Å². The molecule has 1 aromatic carbocycles. The molecular formula is C14H19N3OS. The maximum atomic E-state index is 11.8. The molecule has 5 heteroatoms. The van der Waals surface area contributed by atoms with Gasteiger partial charge in [-0.2, -0.15) is 0 Å². The number of hydrogen-bond acceptors (Lipinski definition) is 3. The van der Waals surface area contributed by atoms with E-state index in [1.54, 1.807) is 6.07 Å². The van der Waals surface area contributed by atoms with Crippen molar-refractivity contribution in [3.8, 4) is 0 Å². The Kier molecular flexibility index (Phi) is 4.50. The first-order valence-corrected chi connectivity index (χ1v) is 6.87. The Morgan fingerprint density at radius 2 is 2.26 bits per heavy atom. The highest BCUT2D eigenvalue weighted by molar-refractivity contribution is 7.80. The van der Waals surface area contributed by atoms with Crippen LogP contribution in [-0.2, 0) is 4.79 Å². The monoisotopic (exact) mass is 277 g/mol. The smallest absolute Gasteiger partial charge is 0.225 e. The third-order valence-electron chi connectivity index (χ3n) is 3.29. The minimum absolute atomic E-state index is 0.0209. The van der Waals surface area contributed by atoms with E-state index >= 15 is 0 Å². The summed E-state index contributed by atoms with van der Waals surface area (Å²) in [7, 11) is 2.07. The van der Waals surface area contributed by atoms with E-state index in [9.17, 15) is 4.79 Å². The van der Waals surface area contributed by atoms with E-state index < -0.39 is 0 Å². The molecule has 0 heterocycles. The molecule has 1 amide bonds. The highest BCUT2D eigenvalue weighted by Gasteiger charge is 2.25. The van der Waals surface area contributed by atoms with E-state index in [4.69, 9.17) is 18.0 Å². The van der Waals surface area contributed by atoms with E-state index in [-0.39, 0.29) is 5.91 Å². The number of amides is 1. The molecule has 1 aliphatic carbocycles. The van der Waals surface area contributed by atoms with Gasteiger partial charge in [-0.3, -0.25) is 4.79 Å². The maximum Gasteiger partial charge on any atom is 0.225 e. The highest BCUT2D eigenvalue weighted by Crippen LogP contribution is 2.25. The van der Waals surface area contributed by atoms with Gasteiger partial charge in [0.15, 0.2) is 0 Å². The molecule has 0 unspecified atom stereocenters. The van der Waals surface area contributed by atoms with Crippen molar-refractivity contribution in [2.24, 2.45) is 5.73 Å². The highest BCUT2D eigenvalue weighted by atomic mass is 32.1. The van der Waals surface area contributed by atoms with Gasteiger partial charge in [0.1, 0.15) is 4.99 Å². The van der Waals surface area contributed by atoms with Crippen LogP contribution in [-0.4, -0.2) is 35.4 Å². The van der Waals surface area contributed by atoms with Gasteiger partial charge in [-0.25, -0.2) is 0 Å². The van der Waals surface area contributed by atoms with Gasteiger partial charge in [0, 0.05) is 30.3 Å². The lowest BCUT2D eigenvalue weighted by Gasteiger charge is -2.15. The Morgan fingerprint density at radius 3 is 2.89 bits per heavy atom. The minimum atomic E-state index is 0.0209. The van der Waals surface area contributed by atoms with Gasteiger partial charge in [-0.15, -0.1) is 0 Å². The molecule has 2 rings (SSSR count). The van der Waals surface area contributed by atoms with Crippen LogP contribution in [0, 0.1) is 0 Å². The van der Waals surface area contributed by atoms with Crippen LogP contribution in [0.2, 0.25) is 0 Å². The number of hydrogen-bond donors (Lipinski definition) is 2. The Hall–Kier alpha value is -1.46. The summed E-state index contributed by atoms with van der Waals surface area (Å²) in [6, 6.07) is 7.99. The fourth-order valence-corrected chi connectivity index (χ4v) is 2.08. The Balaban J connectivity index is 1.84. The molecule has 0 bridgehead atoms. The van der Waals surface area contributed by atoms with Crippen molar-refractivity contribution in [1.82, 2.24) is 4.90 Å². The molecule has 4 nitrogen and oxygen atoms in total. The number of carbonyl (C=O) groups excluding carboxylic acids is 1. The molecule has 0 aliphatic heterocycles. The summed E-state index contributed by atoms with van der Waals surface area (Å²) in [5, 5.41) is 2.87. The first kappa shape index (κ1) is 14.0. The predicted molar refractivity (Wildman–Crippen MR) is 81.2 cm³/mol. The van der Waals surface area contributed by atoms with Crippen LogP contribution in [0.5, 0.6) is 0 Å². The Morgan fingerprint density at radius 1 is 1.53 bits per heavy atom. The molecule has 1 aromatic rings. The molecule has 0 atom stereocenters. The summed E-state index contributed by atoms with van der Waals surface area (Å²) in [4.78, 5) is 14.4. The number of carbonyl (C=O) groups is 1. The molecule has 0 aromatic heterocycles. The number of nitrogens with one attached hydrogen (secondary N) is 1. The van der Waals surface area contributed by atoms with Crippen LogP contribution < -0.4 is 11.1 Å². The second-order valence-electron chi connectivity index (χ2n) is 4.96. The van der Waals surface area contributed by atoms with Crippen molar-refractivity contribution in [1.29, 1.82) is 0 Å². The summed E-state index contributed by atoms with van der Waals surface area (Å²) in [6.45, 7) is 0.797. The molecule has 1 aliphatic rings. The third-order valence-corrected chi connectivity index (χ3v) is 3.53. The van der Waals surface area contributed by atoms with Crippen LogP contribution >= 0.6 is 12.2 Å². The van der Waals surface area contributed by atoms with E-state index in [2.05, 4.69) is 17.3 Å². The summed E-state index contributed by atoms with van der Waals surface area (Å²) < 4.78 is 0. The van der Waals surface area contributed by atoms with Gasteiger partial charge in [-0.1, -0.05) is 24.4 Å². The number of benzene rings is 1. The minimum Gasteiger partial charge on any atom is -0.389 e. The maximum absolute atomic E-state index is 11.8. The lowest BCUT2D eigenvalue weighted by molar-refractivity contribution is -0.116. The summed E-state index contributed by atoms with van der Waals surface area (Å²) in [6.07, 6.45) is 3.02. The van der Waals surface area contributed by atoms with E-state index in [0.29, 0.717) is 17.5 Å². The van der Waals surface area contributed by atoms with E-state index in [1.807, 2.05) is 18.2 Å². The van der Waals surface area contributed by atoms with Crippen molar-refractivity contribution in [3.05, 3.63) is 29.8 Å². The van der Waals surface area contributed by atoms with Crippen LogP contribution in [0.4, 0.5) is 5.69 Å². The van der Waals surface area contributed by atoms with Gasteiger partial charge in [0.2, 0.25) is 5.91 Å². The first-order chi connectivity index (χ1) is 9.06. The molecule has 0 saturated heterocycles. The zero-order chi connectivity index (χ0) is 13.8. The SMILES string of the molecule is CN(CCC(=O)Nc1cccc(C(N)=S)c1)C1CC1. The number of anilines is 1. The van der Waals surface area contributed by atoms with Crippen molar-refractivity contribution in [3.63, 3.8) is 0 Å². The number of thiocarbonyl (C=S) groups is 1. The van der Waals surface area contributed by atoms with Crippen molar-refractivity contribution in [2.75, 3.05) is 18.9 Å². The average Bonchev–Trinajstić information content (AvgIpc) is 3.20. The predicted octanol–water partition coefficient (Wildman–Crippen LogP) is 1.74. The number of rotatable bonds is 6. The summed E-state index contributed by atoms with van der Waals surface area (Å²) in [5.41, 5.74) is 7.07. The fourth-order valence-electron chi connectivity index (χ4n) is 1.95. The van der Waals surface area contributed by atoms with Crippen LogP contribution in [0.3, 0.4) is 0 Å². The van der Waals surface area contributed by atoms with Gasteiger partial charge < -0.3 is 16.0 Å². The molecule has 3 N–H and O–H groups in total. The largest absolute Gasteiger partial charge is 0.389 e. The zero-order valence-corrected chi connectivity index (χ0v) is 11.9.